The smallest absolute Gasteiger partial charge is 0.216 e. The van der Waals surface area contributed by atoms with Crippen LogP contribution in [-0.4, -0.2) is 30.6 Å². The van der Waals surface area contributed by atoms with Gasteiger partial charge in [-0.1, -0.05) is 119 Å². The number of benzene rings is 4. The summed E-state index contributed by atoms with van der Waals surface area (Å²) in [5.41, 5.74) is 5.79. The molecule has 1 nitrogen and oxygen atoms in total. The zero-order chi connectivity index (χ0) is 23.6. The Morgan fingerprint density at radius 3 is 1.74 bits per heavy atom. The summed E-state index contributed by atoms with van der Waals surface area (Å²) in [7, 11) is -3.79. The Kier molecular flexibility index (Phi) is 6.58. The summed E-state index contributed by atoms with van der Waals surface area (Å²) in [6, 6.07) is 41.5. The molecule has 2 radical (unpaired) electrons. The van der Waals surface area contributed by atoms with Crippen molar-refractivity contribution < 1.29 is 4.43 Å². The van der Waals surface area contributed by atoms with Crippen LogP contribution in [0.15, 0.2) is 103 Å². The van der Waals surface area contributed by atoms with Crippen LogP contribution in [0.3, 0.4) is 0 Å². The van der Waals surface area contributed by atoms with E-state index in [1.54, 1.807) is 15.6 Å². The standard InChI is InChI=1S/C30H32OSi3/c1-24-19-20-27(26(3)25(24)2)23-34(30-17-11-6-12-18-30)32-31-21-22-33(34,28-13-7-4-8-14-28)29-15-9-5-10-16-29/h4-20H,21-23H2,1-3H3. The fraction of sp³-hybridized carbons (Fsp3) is 0.200. The van der Waals surface area contributed by atoms with E-state index in [4.69, 9.17) is 4.43 Å². The summed E-state index contributed by atoms with van der Waals surface area (Å²) in [5.74, 6) is 0. The monoisotopic (exact) mass is 492 g/mol. The van der Waals surface area contributed by atoms with Gasteiger partial charge in [-0.05, 0) is 55.1 Å². The molecule has 0 N–H and O–H groups in total. The Balaban J connectivity index is 1.84. The van der Waals surface area contributed by atoms with Crippen LogP contribution in [0, 0.1) is 20.8 Å². The maximum Gasteiger partial charge on any atom is 0.216 e. The van der Waals surface area contributed by atoms with E-state index in [0.717, 1.165) is 18.7 Å². The van der Waals surface area contributed by atoms with Gasteiger partial charge in [0.05, 0.1) is 0 Å². The number of aryl methyl sites for hydroxylation is 1. The highest BCUT2D eigenvalue weighted by Gasteiger charge is 2.60. The first kappa shape index (κ1) is 23.2. The average Bonchev–Trinajstić information content (AvgIpc) is 2.91. The van der Waals surface area contributed by atoms with Crippen molar-refractivity contribution in [2.75, 3.05) is 6.61 Å². The van der Waals surface area contributed by atoms with Crippen molar-refractivity contribution >= 4 is 39.5 Å². The van der Waals surface area contributed by atoms with Gasteiger partial charge in [0.25, 0.3) is 0 Å². The molecule has 1 unspecified atom stereocenters. The fourth-order valence-corrected chi connectivity index (χ4v) is 32.0. The lowest BCUT2D eigenvalue weighted by atomic mass is 10.00. The summed E-state index contributed by atoms with van der Waals surface area (Å²) in [4.78, 5) is 0. The molecule has 0 amide bonds. The van der Waals surface area contributed by atoms with Crippen molar-refractivity contribution in [1.82, 2.24) is 0 Å². The van der Waals surface area contributed by atoms with Gasteiger partial charge in [-0.2, -0.15) is 0 Å². The first-order valence-electron chi connectivity index (χ1n) is 12.2. The lowest BCUT2D eigenvalue weighted by molar-refractivity contribution is 0.365. The van der Waals surface area contributed by atoms with Crippen LogP contribution in [-0.2, 0) is 10.5 Å². The van der Waals surface area contributed by atoms with Crippen molar-refractivity contribution in [3.05, 3.63) is 125 Å². The topological polar surface area (TPSA) is 9.23 Å². The second-order valence-electron chi connectivity index (χ2n) is 9.58. The van der Waals surface area contributed by atoms with Crippen molar-refractivity contribution in [2.45, 2.75) is 32.9 Å². The molecule has 0 saturated carbocycles. The first-order chi connectivity index (χ1) is 16.6. The Bertz CT molecular complexity index is 1220. The van der Waals surface area contributed by atoms with Gasteiger partial charge in [-0.15, -0.1) is 0 Å². The molecule has 5 rings (SSSR count). The van der Waals surface area contributed by atoms with E-state index in [1.165, 1.54) is 22.3 Å². The van der Waals surface area contributed by atoms with Crippen LogP contribution >= 0.6 is 0 Å². The Morgan fingerprint density at radius 2 is 1.18 bits per heavy atom. The molecule has 1 atom stereocenters. The number of hydrogen-bond donors (Lipinski definition) is 0. The Hall–Kier alpha value is -2.51. The minimum absolute atomic E-state index is 0.560. The van der Waals surface area contributed by atoms with E-state index in [-0.39, 0.29) is 0 Å². The molecule has 4 heteroatoms. The van der Waals surface area contributed by atoms with Gasteiger partial charge >= 0.3 is 0 Å². The molecule has 1 aliphatic heterocycles. The van der Waals surface area contributed by atoms with Gasteiger partial charge < -0.3 is 4.43 Å². The van der Waals surface area contributed by atoms with Crippen molar-refractivity contribution in [3.63, 3.8) is 0 Å². The molecule has 4 aromatic rings. The lowest BCUT2D eigenvalue weighted by Crippen LogP contribution is -2.86. The van der Waals surface area contributed by atoms with Crippen molar-refractivity contribution in [3.8, 4) is 0 Å². The molecule has 1 fully saturated rings. The Morgan fingerprint density at radius 1 is 0.647 bits per heavy atom. The maximum absolute atomic E-state index is 6.53. The van der Waals surface area contributed by atoms with E-state index in [0.29, 0.717) is 9.28 Å². The van der Waals surface area contributed by atoms with Gasteiger partial charge in [0.15, 0.2) is 0 Å². The molecule has 0 aromatic heterocycles. The number of rotatable bonds is 5. The zero-order valence-electron chi connectivity index (χ0n) is 20.3. The fourth-order valence-electron chi connectivity index (χ4n) is 5.88. The summed E-state index contributed by atoms with van der Waals surface area (Å²) < 4.78 is 6.53. The van der Waals surface area contributed by atoms with Crippen LogP contribution in [0.25, 0.3) is 0 Å². The molecule has 4 aromatic carbocycles. The van der Waals surface area contributed by atoms with Gasteiger partial charge in [-0.25, -0.2) is 0 Å². The molecule has 1 saturated heterocycles. The second-order valence-corrected chi connectivity index (χ2v) is 26.1. The molecule has 34 heavy (non-hydrogen) atoms. The van der Waals surface area contributed by atoms with E-state index in [9.17, 15) is 0 Å². The second kappa shape index (κ2) is 9.62. The molecular formula is C30H32OSi3. The largest absolute Gasteiger partial charge is 0.421 e. The van der Waals surface area contributed by atoms with Gasteiger partial charge in [0, 0.05) is 6.61 Å². The van der Waals surface area contributed by atoms with Crippen LogP contribution in [0.2, 0.25) is 6.04 Å². The highest BCUT2D eigenvalue weighted by atomic mass is 29.6. The summed E-state index contributed by atoms with van der Waals surface area (Å²) in [6.07, 6.45) is 0. The third kappa shape index (κ3) is 3.79. The quantitative estimate of drug-likeness (QED) is 0.372. The van der Waals surface area contributed by atoms with E-state index < -0.39 is 14.7 Å². The third-order valence-corrected chi connectivity index (χ3v) is 31.8. The first-order valence-corrected chi connectivity index (χ1v) is 19.5. The van der Waals surface area contributed by atoms with Crippen molar-refractivity contribution in [1.29, 1.82) is 0 Å². The normalized spacial score (nSPS) is 19.6. The molecule has 0 bridgehead atoms. The third-order valence-electron chi connectivity index (χ3n) is 7.98. The zero-order valence-corrected chi connectivity index (χ0v) is 23.3. The van der Waals surface area contributed by atoms with Gasteiger partial charge in [-0.3, -0.25) is 0 Å². The molecule has 0 spiro atoms. The molecule has 0 aliphatic carbocycles. The van der Waals surface area contributed by atoms with Crippen molar-refractivity contribution in [2.24, 2.45) is 0 Å². The summed E-state index contributed by atoms with van der Waals surface area (Å²) in [5, 5.41) is 4.72. The SMILES string of the molecule is Cc1ccc(C[Si]2(c3ccccc3)[Si]OCC[Si]2(c2ccccc2)c2ccccc2)c(C)c1C. The van der Waals surface area contributed by atoms with E-state index >= 15 is 0 Å². The number of hydrogen-bond acceptors (Lipinski definition) is 1. The van der Waals surface area contributed by atoms with E-state index in [1.807, 2.05) is 0 Å². The molecule has 1 heterocycles. The van der Waals surface area contributed by atoms with Crippen LogP contribution < -0.4 is 15.6 Å². The minimum Gasteiger partial charge on any atom is -0.421 e. The highest BCUT2D eigenvalue weighted by molar-refractivity contribution is 7.70. The highest BCUT2D eigenvalue weighted by Crippen LogP contribution is 2.32. The van der Waals surface area contributed by atoms with Gasteiger partial charge in [0.2, 0.25) is 9.28 Å². The van der Waals surface area contributed by atoms with Crippen LogP contribution in [0.5, 0.6) is 0 Å². The predicted molar refractivity (Wildman–Crippen MR) is 151 cm³/mol. The Labute approximate surface area is 208 Å². The average molecular weight is 493 g/mol. The molecule has 170 valence electrons. The molecular weight excluding hydrogens is 461 g/mol. The van der Waals surface area contributed by atoms with Crippen LogP contribution in [0.1, 0.15) is 22.3 Å². The van der Waals surface area contributed by atoms with Gasteiger partial charge in [0.1, 0.15) is 14.7 Å². The lowest BCUT2D eigenvalue weighted by Gasteiger charge is -2.51. The minimum atomic E-state index is -2.19. The summed E-state index contributed by atoms with van der Waals surface area (Å²) >= 11 is 0. The molecule has 1 aliphatic rings. The van der Waals surface area contributed by atoms with E-state index in [2.05, 4.69) is 124 Å². The predicted octanol–water partition coefficient (Wildman–Crippen LogP) is 4.54. The van der Waals surface area contributed by atoms with Crippen LogP contribution in [0.4, 0.5) is 0 Å². The maximum atomic E-state index is 6.53. The summed E-state index contributed by atoms with van der Waals surface area (Å²) in [6.45, 7) is 7.70.